The number of thiazole rings is 1. The fourth-order valence-electron chi connectivity index (χ4n) is 3.42. The van der Waals surface area contributed by atoms with Gasteiger partial charge in [0.05, 0.1) is 21.8 Å². The Hall–Kier alpha value is -3.15. The first-order valence-electron chi connectivity index (χ1n) is 9.50. The molecular formula is C24H17ClN2O2S. The highest BCUT2D eigenvalue weighted by molar-refractivity contribution is 7.23. The number of nitrogens with zero attached hydrogens (tertiary/aromatic N) is 2. The Kier molecular flexibility index (Phi) is 4.77. The predicted molar refractivity (Wildman–Crippen MR) is 123 cm³/mol. The molecular weight excluding hydrogens is 416 g/mol. The Labute approximate surface area is 182 Å². The summed E-state index contributed by atoms with van der Waals surface area (Å²) in [6, 6.07) is 23.0. The van der Waals surface area contributed by atoms with Crippen molar-refractivity contribution >= 4 is 55.2 Å². The van der Waals surface area contributed by atoms with Crippen LogP contribution in [0.15, 0.2) is 77.2 Å². The first kappa shape index (κ1) is 18.9. The van der Waals surface area contributed by atoms with E-state index in [0.29, 0.717) is 22.3 Å². The molecule has 0 aliphatic heterocycles. The molecule has 6 heteroatoms. The van der Waals surface area contributed by atoms with E-state index in [9.17, 15) is 4.79 Å². The Morgan fingerprint density at radius 3 is 2.60 bits per heavy atom. The number of carbonyl (C=O) groups excluding carboxylic acids is 1. The highest BCUT2D eigenvalue weighted by Gasteiger charge is 2.25. The van der Waals surface area contributed by atoms with E-state index in [-0.39, 0.29) is 11.7 Å². The lowest BCUT2D eigenvalue weighted by Gasteiger charge is -2.18. The van der Waals surface area contributed by atoms with Crippen molar-refractivity contribution in [3.8, 4) is 0 Å². The summed E-state index contributed by atoms with van der Waals surface area (Å²) < 4.78 is 6.73. The van der Waals surface area contributed by atoms with Gasteiger partial charge in [-0.25, -0.2) is 4.98 Å². The quantitative estimate of drug-likeness (QED) is 0.312. The summed E-state index contributed by atoms with van der Waals surface area (Å²) in [6.07, 6.45) is 0. The van der Waals surface area contributed by atoms with Crippen molar-refractivity contribution in [1.82, 2.24) is 4.98 Å². The van der Waals surface area contributed by atoms with E-state index in [1.165, 1.54) is 11.3 Å². The molecule has 0 aliphatic carbocycles. The van der Waals surface area contributed by atoms with Crippen LogP contribution in [0.2, 0.25) is 5.02 Å². The number of furan rings is 1. The van der Waals surface area contributed by atoms with Crippen LogP contribution in [-0.4, -0.2) is 10.9 Å². The van der Waals surface area contributed by atoms with Gasteiger partial charge in [0.25, 0.3) is 5.91 Å². The number of carbonyl (C=O) groups is 1. The maximum absolute atomic E-state index is 13.5. The second-order valence-corrected chi connectivity index (χ2v) is 8.45. The molecule has 0 bridgehead atoms. The minimum atomic E-state index is -0.233. The molecule has 2 aromatic heterocycles. The Morgan fingerprint density at radius 1 is 1.07 bits per heavy atom. The summed E-state index contributed by atoms with van der Waals surface area (Å²) in [6.45, 7) is 2.37. The van der Waals surface area contributed by atoms with Gasteiger partial charge in [-0.15, -0.1) is 0 Å². The van der Waals surface area contributed by atoms with Gasteiger partial charge in [-0.3, -0.25) is 9.69 Å². The van der Waals surface area contributed by atoms with Crippen LogP contribution in [-0.2, 0) is 6.54 Å². The highest BCUT2D eigenvalue weighted by atomic mass is 35.5. The smallest absolute Gasteiger partial charge is 0.296 e. The lowest BCUT2D eigenvalue weighted by Crippen LogP contribution is -2.30. The third kappa shape index (κ3) is 3.36. The molecule has 5 aromatic rings. The van der Waals surface area contributed by atoms with Gasteiger partial charge in [-0.2, -0.15) is 0 Å². The van der Waals surface area contributed by atoms with E-state index >= 15 is 0 Å². The molecule has 5 rings (SSSR count). The van der Waals surface area contributed by atoms with Crippen LogP contribution < -0.4 is 4.90 Å². The fourth-order valence-corrected chi connectivity index (χ4v) is 4.73. The van der Waals surface area contributed by atoms with Crippen LogP contribution in [0.1, 0.15) is 21.7 Å². The van der Waals surface area contributed by atoms with E-state index in [4.69, 9.17) is 21.0 Å². The number of aryl methyl sites for hydroxylation is 1. The molecule has 0 spiro atoms. The Bertz CT molecular complexity index is 1300. The maximum atomic E-state index is 13.5. The number of aromatic nitrogens is 1. The molecule has 1 amide bonds. The molecule has 30 heavy (non-hydrogen) atoms. The fraction of sp³-hybridized carbons (Fsp3) is 0.0833. The second kappa shape index (κ2) is 7.59. The van der Waals surface area contributed by atoms with Gasteiger partial charge >= 0.3 is 0 Å². The van der Waals surface area contributed by atoms with Crippen molar-refractivity contribution in [3.63, 3.8) is 0 Å². The van der Waals surface area contributed by atoms with Crippen LogP contribution in [0.3, 0.4) is 0 Å². The number of halogens is 1. The largest absolute Gasteiger partial charge is 0.451 e. The van der Waals surface area contributed by atoms with Gasteiger partial charge < -0.3 is 4.42 Å². The monoisotopic (exact) mass is 432 g/mol. The van der Waals surface area contributed by atoms with Gasteiger partial charge in [-0.05, 0) is 36.2 Å². The van der Waals surface area contributed by atoms with Crippen molar-refractivity contribution in [1.29, 1.82) is 0 Å². The first-order valence-corrected chi connectivity index (χ1v) is 10.7. The number of benzene rings is 3. The molecule has 0 saturated carbocycles. The summed E-state index contributed by atoms with van der Waals surface area (Å²) in [4.78, 5) is 20.0. The van der Waals surface area contributed by atoms with E-state index in [1.807, 2.05) is 73.7 Å². The average molecular weight is 433 g/mol. The summed E-state index contributed by atoms with van der Waals surface area (Å²) in [7, 11) is 0. The lowest BCUT2D eigenvalue weighted by atomic mass is 10.2. The summed E-state index contributed by atoms with van der Waals surface area (Å²) in [5.41, 5.74) is 3.53. The second-order valence-electron chi connectivity index (χ2n) is 7.06. The zero-order valence-electron chi connectivity index (χ0n) is 16.1. The van der Waals surface area contributed by atoms with Gasteiger partial charge in [0, 0.05) is 5.39 Å². The average Bonchev–Trinajstić information content (AvgIpc) is 3.40. The van der Waals surface area contributed by atoms with Crippen LogP contribution in [0.4, 0.5) is 5.13 Å². The van der Waals surface area contributed by atoms with Crippen LogP contribution in [0.5, 0.6) is 0 Å². The molecule has 4 nitrogen and oxygen atoms in total. The number of fused-ring (bicyclic) bond motifs is 2. The van der Waals surface area contributed by atoms with E-state index in [2.05, 4.69) is 0 Å². The minimum Gasteiger partial charge on any atom is -0.451 e. The van der Waals surface area contributed by atoms with Crippen molar-refractivity contribution in [2.75, 3.05) is 4.90 Å². The van der Waals surface area contributed by atoms with Gasteiger partial charge in [-0.1, -0.05) is 77.5 Å². The molecule has 3 aromatic carbocycles. The van der Waals surface area contributed by atoms with Gasteiger partial charge in [0.15, 0.2) is 10.9 Å². The number of hydrogen-bond acceptors (Lipinski definition) is 4. The SMILES string of the molecule is Cc1ccc(Cl)c2sc(N(Cc3ccccc3)C(=O)c3cc4ccccc4o3)nc12. The molecule has 0 N–H and O–H groups in total. The molecule has 2 heterocycles. The molecule has 0 atom stereocenters. The number of rotatable bonds is 4. The van der Waals surface area contributed by atoms with E-state index in [1.54, 1.807) is 11.0 Å². The zero-order chi connectivity index (χ0) is 20.7. The topological polar surface area (TPSA) is 46.3 Å². The van der Waals surface area contributed by atoms with E-state index in [0.717, 1.165) is 26.7 Å². The predicted octanol–water partition coefficient (Wildman–Crippen LogP) is 6.85. The number of hydrogen-bond donors (Lipinski definition) is 0. The van der Waals surface area contributed by atoms with Crippen molar-refractivity contribution < 1.29 is 9.21 Å². The van der Waals surface area contributed by atoms with Gasteiger partial charge in [0.1, 0.15) is 5.58 Å². The van der Waals surface area contributed by atoms with E-state index < -0.39 is 0 Å². The molecule has 0 fully saturated rings. The maximum Gasteiger partial charge on any atom is 0.296 e. The molecule has 0 radical (unpaired) electrons. The van der Waals surface area contributed by atoms with Crippen LogP contribution in [0, 0.1) is 6.92 Å². The number of amides is 1. The van der Waals surface area contributed by atoms with Crippen molar-refractivity contribution in [2.45, 2.75) is 13.5 Å². The summed E-state index contributed by atoms with van der Waals surface area (Å²) >= 11 is 7.82. The van der Waals surface area contributed by atoms with Crippen LogP contribution in [0.25, 0.3) is 21.2 Å². The zero-order valence-corrected chi connectivity index (χ0v) is 17.7. The standard InChI is InChI=1S/C24H17ClN2O2S/c1-15-11-12-18(25)22-21(15)26-24(30-22)27(14-16-7-3-2-4-8-16)23(28)20-13-17-9-5-6-10-19(17)29-20/h2-13H,14H2,1H3. The molecule has 0 aliphatic rings. The normalized spacial score (nSPS) is 11.3. The third-order valence-electron chi connectivity index (χ3n) is 4.98. The first-order chi connectivity index (χ1) is 14.6. The molecule has 0 unspecified atom stereocenters. The third-order valence-corrected chi connectivity index (χ3v) is 6.52. The highest BCUT2D eigenvalue weighted by Crippen LogP contribution is 2.37. The summed E-state index contributed by atoms with van der Waals surface area (Å²) in [5.74, 6) is 0.0529. The number of para-hydroxylation sites is 1. The van der Waals surface area contributed by atoms with Crippen LogP contribution >= 0.6 is 22.9 Å². The van der Waals surface area contributed by atoms with Crippen molar-refractivity contribution in [3.05, 3.63) is 94.7 Å². The van der Waals surface area contributed by atoms with Crippen molar-refractivity contribution in [2.24, 2.45) is 0 Å². The lowest BCUT2D eigenvalue weighted by molar-refractivity contribution is 0.0960. The minimum absolute atomic E-state index is 0.233. The Balaban J connectivity index is 1.62. The Morgan fingerprint density at radius 2 is 1.83 bits per heavy atom. The summed E-state index contributed by atoms with van der Waals surface area (Å²) in [5, 5.41) is 2.12. The number of anilines is 1. The molecule has 148 valence electrons. The molecule has 0 saturated heterocycles. The van der Waals surface area contributed by atoms with Gasteiger partial charge in [0.2, 0.25) is 0 Å².